The van der Waals surface area contributed by atoms with E-state index in [1.807, 2.05) is 4.90 Å². The molecule has 22 heavy (non-hydrogen) atoms. The molecule has 0 aromatic carbocycles. The number of aryl methyl sites for hydroxylation is 1. The molecule has 0 atom stereocenters. The van der Waals surface area contributed by atoms with E-state index in [9.17, 15) is 4.79 Å². The molecule has 0 bridgehead atoms. The lowest BCUT2D eigenvalue weighted by Crippen LogP contribution is -2.40. The van der Waals surface area contributed by atoms with Crippen molar-refractivity contribution < 1.29 is 14.1 Å². The van der Waals surface area contributed by atoms with Gasteiger partial charge >= 0.3 is 0 Å². The molecule has 8 heteroatoms. The molecule has 0 aliphatic carbocycles. The molecule has 1 fully saturated rings. The first-order valence-corrected chi connectivity index (χ1v) is 8.26. The Morgan fingerprint density at radius 3 is 2.86 bits per heavy atom. The number of rotatable bonds is 4. The number of aromatic nitrogens is 2. The first-order valence-electron chi connectivity index (χ1n) is 7.07. The lowest BCUT2D eigenvalue weighted by atomic mass is 10.1. The first kappa shape index (κ1) is 15.5. The minimum Gasteiger partial charge on any atom is -0.368 e. The number of hydrogen-bond acceptors (Lipinski definition) is 6. The van der Waals surface area contributed by atoms with Crippen molar-refractivity contribution in [3.63, 3.8) is 0 Å². The SMILES string of the molecule is Cc1noc(COC2CCN(C(=O)c3ccc(Cl)s3)CC2)n1. The molecule has 1 aliphatic rings. The van der Waals surface area contributed by atoms with E-state index in [4.69, 9.17) is 20.9 Å². The highest BCUT2D eigenvalue weighted by Gasteiger charge is 2.25. The number of hydrogen-bond donors (Lipinski definition) is 0. The van der Waals surface area contributed by atoms with Gasteiger partial charge in [-0.2, -0.15) is 4.98 Å². The fraction of sp³-hybridized carbons (Fsp3) is 0.500. The van der Waals surface area contributed by atoms with Crippen LogP contribution in [0.5, 0.6) is 0 Å². The standard InChI is InChI=1S/C14H16ClN3O3S/c1-9-16-13(21-17-9)8-20-10-4-6-18(7-5-10)14(19)11-2-3-12(15)22-11/h2-3,10H,4-8H2,1H3. The van der Waals surface area contributed by atoms with Crippen LogP contribution in [-0.4, -0.2) is 40.1 Å². The third-order valence-electron chi connectivity index (χ3n) is 3.53. The summed E-state index contributed by atoms with van der Waals surface area (Å²) in [4.78, 5) is 18.9. The molecule has 0 N–H and O–H groups in total. The van der Waals surface area contributed by atoms with Crippen LogP contribution in [0.15, 0.2) is 16.7 Å². The monoisotopic (exact) mass is 341 g/mol. The number of piperidine rings is 1. The topological polar surface area (TPSA) is 68.5 Å². The highest BCUT2D eigenvalue weighted by atomic mass is 35.5. The average Bonchev–Trinajstić information content (AvgIpc) is 3.13. The Bertz CT molecular complexity index is 649. The van der Waals surface area contributed by atoms with Gasteiger partial charge in [0.1, 0.15) is 6.61 Å². The summed E-state index contributed by atoms with van der Waals surface area (Å²) in [6, 6.07) is 3.53. The van der Waals surface area contributed by atoms with E-state index in [1.54, 1.807) is 19.1 Å². The molecular weight excluding hydrogens is 326 g/mol. The molecule has 118 valence electrons. The number of amides is 1. The number of halogens is 1. The molecule has 3 heterocycles. The summed E-state index contributed by atoms with van der Waals surface area (Å²) in [7, 11) is 0. The van der Waals surface area contributed by atoms with Crippen LogP contribution in [0.4, 0.5) is 0 Å². The van der Waals surface area contributed by atoms with Crippen LogP contribution in [0.1, 0.15) is 34.2 Å². The number of likely N-dealkylation sites (tertiary alicyclic amines) is 1. The Morgan fingerprint density at radius 2 is 2.27 bits per heavy atom. The smallest absolute Gasteiger partial charge is 0.263 e. The van der Waals surface area contributed by atoms with E-state index < -0.39 is 0 Å². The zero-order chi connectivity index (χ0) is 15.5. The largest absolute Gasteiger partial charge is 0.368 e. The van der Waals surface area contributed by atoms with Crippen molar-refractivity contribution in [3.05, 3.63) is 33.1 Å². The molecule has 1 aliphatic heterocycles. The van der Waals surface area contributed by atoms with Crippen LogP contribution in [0.25, 0.3) is 0 Å². The molecule has 1 amide bonds. The van der Waals surface area contributed by atoms with E-state index in [0.29, 0.717) is 40.6 Å². The van der Waals surface area contributed by atoms with Crippen molar-refractivity contribution in [2.45, 2.75) is 32.5 Å². The van der Waals surface area contributed by atoms with Gasteiger partial charge in [0.25, 0.3) is 11.8 Å². The van der Waals surface area contributed by atoms with Gasteiger partial charge in [-0.1, -0.05) is 16.8 Å². The molecular formula is C14H16ClN3O3S. The van der Waals surface area contributed by atoms with Crippen molar-refractivity contribution in [1.29, 1.82) is 0 Å². The Morgan fingerprint density at radius 1 is 1.50 bits per heavy atom. The number of carbonyl (C=O) groups is 1. The fourth-order valence-corrected chi connectivity index (χ4v) is 3.41. The second-order valence-electron chi connectivity index (χ2n) is 5.14. The number of nitrogens with zero attached hydrogens (tertiary/aromatic N) is 3. The van der Waals surface area contributed by atoms with Crippen LogP contribution in [-0.2, 0) is 11.3 Å². The van der Waals surface area contributed by atoms with Crippen molar-refractivity contribution in [3.8, 4) is 0 Å². The van der Waals surface area contributed by atoms with Gasteiger partial charge in [0.2, 0.25) is 0 Å². The third-order valence-corrected chi connectivity index (χ3v) is 4.74. The summed E-state index contributed by atoms with van der Waals surface area (Å²) in [6.07, 6.45) is 1.72. The first-order chi connectivity index (χ1) is 10.6. The van der Waals surface area contributed by atoms with E-state index in [2.05, 4.69) is 10.1 Å². The van der Waals surface area contributed by atoms with Crippen molar-refractivity contribution in [2.75, 3.05) is 13.1 Å². The quantitative estimate of drug-likeness (QED) is 0.855. The zero-order valence-corrected chi connectivity index (χ0v) is 13.7. The summed E-state index contributed by atoms with van der Waals surface area (Å²) in [5.41, 5.74) is 0. The Balaban J connectivity index is 1.47. The maximum Gasteiger partial charge on any atom is 0.263 e. The molecule has 3 rings (SSSR count). The van der Waals surface area contributed by atoms with Crippen molar-refractivity contribution in [2.24, 2.45) is 0 Å². The minimum absolute atomic E-state index is 0.0443. The van der Waals surface area contributed by atoms with Crippen LogP contribution >= 0.6 is 22.9 Å². The van der Waals surface area contributed by atoms with E-state index in [0.717, 1.165) is 12.8 Å². The molecule has 6 nitrogen and oxygen atoms in total. The maximum atomic E-state index is 12.3. The van der Waals surface area contributed by atoms with Crippen LogP contribution in [0.2, 0.25) is 4.34 Å². The van der Waals surface area contributed by atoms with Crippen molar-refractivity contribution in [1.82, 2.24) is 15.0 Å². The second kappa shape index (κ2) is 6.76. The zero-order valence-electron chi connectivity index (χ0n) is 12.1. The number of carbonyl (C=O) groups excluding carboxylic acids is 1. The normalized spacial score (nSPS) is 16.2. The van der Waals surface area contributed by atoms with E-state index in [-0.39, 0.29) is 12.0 Å². The summed E-state index contributed by atoms with van der Waals surface area (Å²) in [5, 5.41) is 3.72. The molecule has 0 radical (unpaired) electrons. The summed E-state index contributed by atoms with van der Waals surface area (Å²) in [5.74, 6) is 1.14. The predicted octanol–water partition coefficient (Wildman–Crippen LogP) is 2.91. The summed E-state index contributed by atoms with van der Waals surface area (Å²) in [6.45, 7) is 3.46. The molecule has 2 aromatic heterocycles. The van der Waals surface area contributed by atoms with E-state index >= 15 is 0 Å². The lowest BCUT2D eigenvalue weighted by Gasteiger charge is -2.31. The van der Waals surface area contributed by atoms with Gasteiger partial charge in [-0.25, -0.2) is 0 Å². The van der Waals surface area contributed by atoms with Gasteiger partial charge < -0.3 is 14.2 Å². The second-order valence-corrected chi connectivity index (χ2v) is 6.86. The molecule has 1 saturated heterocycles. The Labute approximate surface area is 137 Å². The van der Waals surface area contributed by atoms with Crippen LogP contribution in [0.3, 0.4) is 0 Å². The molecule has 0 saturated carbocycles. The highest BCUT2D eigenvalue weighted by Crippen LogP contribution is 2.24. The Kier molecular flexibility index (Phi) is 4.75. The summed E-state index contributed by atoms with van der Waals surface area (Å²) < 4.78 is 11.4. The maximum absolute atomic E-state index is 12.3. The molecule has 2 aromatic rings. The minimum atomic E-state index is 0.0443. The average molecular weight is 342 g/mol. The summed E-state index contributed by atoms with van der Waals surface area (Å²) >= 11 is 7.19. The Hall–Kier alpha value is -1.44. The highest BCUT2D eigenvalue weighted by molar-refractivity contribution is 7.17. The predicted molar refractivity (Wildman–Crippen MR) is 82.1 cm³/mol. The third kappa shape index (κ3) is 3.66. The van der Waals surface area contributed by atoms with Gasteiger partial charge in [0.15, 0.2) is 5.82 Å². The molecule has 0 unspecified atom stereocenters. The lowest BCUT2D eigenvalue weighted by molar-refractivity contribution is -0.00969. The number of thiophene rings is 1. The van der Waals surface area contributed by atoms with Gasteiger partial charge in [-0.15, -0.1) is 11.3 Å². The van der Waals surface area contributed by atoms with Gasteiger partial charge in [-0.3, -0.25) is 4.79 Å². The number of ether oxygens (including phenoxy) is 1. The van der Waals surface area contributed by atoms with E-state index in [1.165, 1.54) is 11.3 Å². The van der Waals surface area contributed by atoms with Gasteiger partial charge in [-0.05, 0) is 31.9 Å². The molecule has 0 spiro atoms. The van der Waals surface area contributed by atoms with Gasteiger partial charge in [0.05, 0.1) is 15.3 Å². The fourth-order valence-electron chi connectivity index (χ4n) is 2.40. The van der Waals surface area contributed by atoms with Crippen LogP contribution < -0.4 is 0 Å². The van der Waals surface area contributed by atoms with Crippen molar-refractivity contribution >= 4 is 28.8 Å². The van der Waals surface area contributed by atoms with Crippen LogP contribution in [0, 0.1) is 6.92 Å². The van der Waals surface area contributed by atoms with Gasteiger partial charge in [0, 0.05) is 13.1 Å².